The quantitative estimate of drug-likeness (QED) is 0.428. The van der Waals surface area contributed by atoms with Crippen molar-refractivity contribution < 1.29 is 23.8 Å². The van der Waals surface area contributed by atoms with Crippen LogP contribution in [0.3, 0.4) is 0 Å². The Kier molecular flexibility index (Phi) is 6.94. The van der Waals surface area contributed by atoms with Gasteiger partial charge in [-0.3, -0.25) is 9.59 Å². The van der Waals surface area contributed by atoms with E-state index in [4.69, 9.17) is 25.8 Å². The lowest BCUT2D eigenvalue weighted by Gasteiger charge is -2.35. The number of fused-ring (bicyclic) bond motifs is 3. The number of amides is 1. The molecule has 9 heteroatoms. The van der Waals surface area contributed by atoms with E-state index in [0.29, 0.717) is 27.8 Å². The Bertz CT molecular complexity index is 1500. The summed E-state index contributed by atoms with van der Waals surface area (Å²) in [6.07, 6.45) is 3.65. The Labute approximate surface area is 231 Å². The van der Waals surface area contributed by atoms with Gasteiger partial charge in [0.15, 0.2) is 16.9 Å². The van der Waals surface area contributed by atoms with E-state index in [1.807, 2.05) is 30.3 Å². The Morgan fingerprint density at radius 1 is 1.00 bits per heavy atom. The SMILES string of the molecule is COC(=O)C1(C#N)C(c2ccc(OC)c(OC)c2)C(C(=O)Nc2ccc(Cl)cc2)N2C=Cc3ccccc3C21. The van der Waals surface area contributed by atoms with Crippen molar-refractivity contribution in [2.75, 3.05) is 26.6 Å². The zero-order valence-electron chi connectivity index (χ0n) is 21.6. The fourth-order valence-electron chi connectivity index (χ4n) is 5.76. The molecule has 5 rings (SSSR count). The molecule has 3 aromatic rings. The van der Waals surface area contributed by atoms with Gasteiger partial charge in [0.25, 0.3) is 0 Å². The lowest BCUT2D eigenvalue weighted by atomic mass is 9.67. The third-order valence-corrected chi connectivity index (χ3v) is 7.68. The summed E-state index contributed by atoms with van der Waals surface area (Å²) in [4.78, 5) is 29.7. The monoisotopic (exact) mass is 543 g/mol. The molecule has 2 aliphatic heterocycles. The molecule has 2 heterocycles. The Morgan fingerprint density at radius 2 is 1.72 bits per heavy atom. The van der Waals surface area contributed by atoms with E-state index in [1.54, 1.807) is 53.6 Å². The molecule has 0 aromatic heterocycles. The predicted octanol–water partition coefficient (Wildman–Crippen LogP) is 5.17. The molecular weight excluding hydrogens is 518 g/mol. The van der Waals surface area contributed by atoms with E-state index in [2.05, 4.69) is 11.4 Å². The molecule has 198 valence electrons. The second kappa shape index (κ2) is 10.4. The Hall–Kier alpha value is -4.48. The summed E-state index contributed by atoms with van der Waals surface area (Å²) in [6.45, 7) is 0. The Morgan fingerprint density at radius 3 is 2.38 bits per heavy atom. The van der Waals surface area contributed by atoms with Crippen LogP contribution in [0.5, 0.6) is 11.5 Å². The van der Waals surface area contributed by atoms with E-state index in [-0.39, 0.29) is 0 Å². The number of hydrogen-bond donors (Lipinski definition) is 1. The van der Waals surface area contributed by atoms with Gasteiger partial charge in [0.2, 0.25) is 5.91 Å². The fraction of sp³-hybridized carbons (Fsp3) is 0.233. The lowest BCUT2D eigenvalue weighted by Crippen LogP contribution is -2.42. The van der Waals surface area contributed by atoms with Crippen LogP contribution in [0.2, 0.25) is 5.02 Å². The molecule has 8 nitrogen and oxygen atoms in total. The number of esters is 1. The second-order valence-corrected chi connectivity index (χ2v) is 9.74. The molecule has 39 heavy (non-hydrogen) atoms. The van der Waals surface area contributed by atoms with Crippen molar-refractivity contribution in [3.8, 4) is 17.6 Å². The van der Waals surface area contributed by atoms with Crippen molar-refractivity contribution in [2.45, 2.75) is 18.0 Å². The number of benzene rings is 3. The molecule has 1 saturated heterocycles. The minimum Gasteiger partial charge on any atom is -0.493 e. The van der Waals surface area contributed by atoms with E-state index in [0.717, 1.165) is 11.1 Å². The summed E-state index contributed by atoms with van der Waals surface area (Å²) in [7, 11) is 4.27. The summed E-state index contributed by atoms with van der Waals surface area (Å²) in [5, 5.41) is 14.3. The number of carbonyl (C=O) groups is 2. The van der Waals surface area contributed by atoms with Gasteiger partial charge in [-0.25, -0.2) is 0 Å². The predicted molar refractivity (Wildman–Crippen MR) is 146 cm³/mol. The van der Waals surface area contributed by atoms with E-state index in [1.165, 1.54) is 21.3 Å². The standard InChI is InChI=1S/C30H26ClN3O5/c1-37-23-13-8-19(16-24(23)38-2)25-26(28(35)33-21-11-9-20(31)10-12-21)34-15-14-18-6-4-5-7-22(18)27(34)30(25,17-32)29(36)39-3/h4-16,25-27H,1-3H3,(H,33,35). The smallest absolute Gasteiger partial charge is 0.329 e. The first-order valence-electron chi connectivity index (χ1n) is 12.2. The number of nitrogens with zero attached hydrogens (tertiary/aromatic N) is 2. The first kappa shape index (κ1) is 26.1. The number of ether oxygens (including phenoxy) is 3. The maximum atomic E-state index is 14.1. The van der Waals surface area contributed by atoms with E-state index in [9.17, 15) is 14.9 Å². The highest BCUT2D eigenvalue weighted by atomic mass is 35.5. The maximum Gasteiger partial charge on any atom is 0.329 e. The number of hydrogen-bond acceptors (Lipinski definition) is 7. The second-order valence-electron chi connectivity index (χ2n) is 9.30. The number of anilines is 1. The van der Waals surface area contributed by atoms with Gasteiger partial charge in [0.1, 0.15) is 6.04 Å². The minimum atomic E-state index is -1.78. The molecule has 1 fully saturated rings. The van der Waals surface area contributed by atoms with Crippen LogP contribution in [0.4, 0.5) is 5.69 Å². The number of rotatable bonds is 6. The van der Waals surface area contributed by atoms with Gasteiger partial charge in [-0.2, -0.15) is 5.26 Å². The molecule has 0 aliphatic carbocycles. The van der Waals surface area contributed by atoms with Gasteiger partial charge in [0.05, 0.1) is 33.4 Å². The summed E-state index contributed by atoms with van der Waals surface area (Å²) < 4.78 is 16.2. The summed E-state index contributed by atoms with van der Waals surface area (Å²) in [5.41, 5.74) is 0.903. The molecule has 4 atom stereocenters. The number of nitrogens with one attached hydrogen (secondary N) is 1. The van der Waals surface area contributed by atoms with Gasteiger partial charge >= 0.3 is 5.97 Å². The molecule has 0 bridgehead atoms. The largest absolute Gasteiger partial charge is 0.493 e. The van der Waals surface area contributed by atoms with Crippen LogP contribution in [0.15, 0.2) is 72.9 Å². The molecule has 1 N–H and O–H groups in total. The van der Waals surface area contributed by atoms with Crippen molar-refractivity contribution >= 4 is 35.2 Å². The lowest BCUT2D eigenvalue weighted by molar-refractivity contribution is -0.151. The van der Waals surface area contributed by atoms with Gasteiger partial charge in [-0.1, -0.05) is 41.9 Å². The van der Waals surface area contributed by atoms with Crippen LogP contribution < -0.4 is 14.8 Å². The van der Waals surface area contributed by atoms with Crippen LogP contribution in [0.25, 0.3) is 6.08 Å². The molecule has 0 saturated carbocycles. The summed E-state index contributed by atoms with van der Waals surface area (Å²) in [5.74, 6) is -1.18. The van der Waals surface area contributed by atoms with Gasteiger partial charge in [-0.05, 0) is 59.2 Å². The summed E-state index contributed by atoms with van der Waals surface area (Å²) in [6, 6.07) is 20.0. The third kappa shape index (κ3) is 4.16. The van der Waals surface area contributed by atoms with E-state index < -0.39 is 35.3 Å². The molecule has 0 radical (unpaired) electrons. The van der Waals surface area contributed by atoms with Gasteiger partial charge in [0, 0.05) is 22.8 Å². The van der Waals surface area contributed by atoms with Crippen LogP contribution in [-0.4, -0.2) is 44.1 Å². The van der Waals surface area contributed by atoms with Crippen LogP contribution in [0, 0.1) is 16.7 Å². The maximum absolute atomic E-state index is 14.1. The van der Waals surface area contributed by atoms with E-state index >= 15 is 0 Å². The highest BCUT2D eigenvalue weighted by Gasteiger charge is 2.68. The van der Waals surface area contributed by atoms with Gasteiger partial charge in [-0.15, -0.1) is 0 Å². The number of carbonyl (C=O) groups excluding carboxylic acids is 2. The minimum absolute atomic E-state index is 0.396. The number of methoxy groups -OCH3 is 3. The molecule has 1 amide bonds. The van der Waals surface area contributed by atoms with Crippen LogP contribution >= 0.6 is 11.6 Å². The first-order valence-corrected chi connectivity index (χ1v) is 12.6. The average Bonchev–Trinajstić information content (AvgIpc) is 3.29. The molecule has 4 unspecified atom stereocenters. The van der Waals surface area contributed by atoms with Crippen LogP contribution in [0.1, 0.15) is 28.7 Å². The highest BCUT2D eigenvalue weighted by molar-refractivity contribution is 6.30. The van der Waals surface area contributed by atoms with Crippen molar-refractivity contribution in [1.29, 1.82) is 5.26 Å². The number of nitriles is 1. The highest BCUT2D eigenvalue weighted by Crippen LogP contribution is 2.61. The van der Waals surface area contributed by atoms with Crippen molar-refractivity contribution in [2.24, 2.45) is 5.41 Å². The van der Waals surface area contributed by atoms with Crippen molar-refractivity contribution in [1.82, 2.24) is 4.90 Å². The molecule has 3 aromatic carbocycles. The topological polar surface area (TPSA) is 101 Å². The molecular formula is C30H26ClN3O5. The molecule has 0 spiro atoms. The van der Waals surface area contributed by atoms with Crippen LogP contribution in [-0.2, 0) is 14.3 Å². The number of halogens is 1. The Balaban J connectivity index is 1.75. The molecule has 2 aliphatic rings. The zero-order chi connectivity index (χ0) is 27.7. The summed E-state index contributed by atoms with van der Waals surface area (Å²) >= 11 is 6.04. The average molecular weight is 544 g/mol. The van der Waals surface area contributed by atoms with Crippen molar-refractivity contribution in [3.63, 3.8) is 0 Å². The van der Waals surface area contributed by atoms with Gasteiger partial charge < -0.3 is 24.4 Å². The third-order valence-electron chi connectivity index (χ3n) is 7.43. The van der Waals surface area contributed by atoms with Crippen molar-refractivity contribution in [3.05, 3.63) is 94.6 Å². The fourth-order valence-corrected chi connectivity index (χ4v) is 5.89. The first-order chi connectivity index (χ1) is 18.9. The normalized spacial score (nSPS) is 22.7. The zero-order valence-corrected chi connectivity index (χ0v) is 22.3.